The van der Waals surface area contributed by atoms with Crippen molar-refractivity contribution >= 4 is 5.91 Å². The molecule has 0 saturated heterocycles. The van der Waals surface area contributed by atoms with Gasteiger partial charge < -0.3 is 9.72 Å². The topological polar surface area (TPSA) is 76.2 Å². The number of hydrogen-bond donors (Lipinski definition) is 2. The van der Waals surface area contributed by atoms with Gasteiger partial charge in [-0.05, 0) is 32.0 Å². The molecule has 2 aromatic carbocycles. The first-order valence-corrected chi connectivity index (χ1v) is 8.37. The van der Waals surface area contributed by atoms with Crippen LogP contribution in [0.4, 0.5) is 0 Å². The van der Waals surface area contributed by atoms with Gasteiger partial charge in [-0.2, -0.15) is 0 Å². The van der Waals surface area contributed by atoms with Gasteiger partial charge in [-0.25, -0.2) is 10.5 Å². The number of para-hydroxylation sites is 1. The maximum atomic E-state index is 12.3. The number of H-pyrrole nitrogens is 1. The van der Waals surface area contributed by atoms with Crippen molar-refractivity contribution in [1.82, 2.24) is 15.4 Å². The Hall–Kier alpha value is -3.12. The molecule has 6 heteroatoms. The fraction of sp³-hybridized carbons (Fsp3) is 0.200. The molecule has 6 nitrogen and oxygen atoms in total. The molecule has 2 N–H and O–H groups in total. The minimum atomic E-state index is -0.391. The summed E-state index contributed by atoms with van der Waals surface area (Å²) in [6.45, 7) is 4.38. The molecule has 0 atom stereocenters. The Morgan fingerprint density at radius 3 is 2.65 bits per heavy atom. The van der Waals surface area contributed by atoms with E-state index in [9.17, 15) is 4.79 Å². The third kappa shape index (κ3) is 4.49. The summed E-state index contributed by atoms with van der Waals surface area (Å²) in [7, 11) is 0. The quantitative estimate of drug-likeness (QED) is 0.505. The number of nitrogens with one attached hydrogen (secondary N) is 2. The number of ether oxygens (including phenoxy) is 1. The Labute approximate surface area is 152 Å². The smallest absolute Gasteiger partial charge is 0.295 e. The molecular formula is C20H21N3O3. The molecule has 1 amide bonds. The van der Waals surface area contributed by atoms with E-state index in [0.717, 1.165) is 16.9 Å². The highest BCUT2D eigenvalue weighted by molar-refractivity contribution is 5.93. The summed E-state index contributed by atoms with van der Waals surface area (Å²) in [4.78, 5) is 25.0. The molecule has 0 unspecified atom stereocenters. The molecule has 1 aromatic heterocycles. The highest BCUT2D eigenvalue weighted by Crippen LogP contribution is 2.19. The van der Waals surface area contributed by atoms with Crippen LogP contribution < -0.4 is 10.2 Å². The van der Waals surface area contributed by atoms with Crippen molar-refractivity contribution in [3.8, 4) is 17.1 Å². The van der Waals surface area contributed by atoms with E-state index in [4.69, 9.17) is 9.57 Å². The lowest BCUT2D eigenvalue weighted by Gasteiger charge is -2.07. The SMILES string of the molecule is Cc1cccc(-c2nc(C(=O)NOCCOc3ccccc3)c(C)[nH]2)c1. The van der Waals surface area contributed by atoms with Crippen LogP contribution in [0.1, 0.15) is 21.7 Å². The molecule has 26 heavy (non-hydrogen) atoms. The van der Waals surface area contributed by atoms with Gasteiger partial charge in [0.1, 0.15) is 24.8 Å². The molecule has 0 fully saturated rings. The zero-order chi connectivity index (χ0) is 18.4. The molecule has 0 saturated carbocycles. The molecule has 0 bridgehead atoms. The summed E-state index contributed by atoms with van der Waals surface area (Å²) < 4.78 is 5.49. The molecular weight excluding hydrogens is 330 g/mol. The van der Waals surface area contributed by atoms with Crippen LogP contribution in [-0.4, -0.2) is 29.1 Å². The van der Waals surface area contributed by atoms with E-state index in [-0.39, 0.29) is 6.61 Å². The first-order chi connectivity index (χ1) is 12.6. The maximum absolute atomic E-state index is 12.3. The third-order valence-corrected chi connectivity index (χ3v) is 3.75. The lowest BCUT2D eigenvalue weighted by atomic mass is 10.1. The van der Waals surface area contributed by atoms with Gasteiger partial charge in [0.2, 0.25) is 0 Å². The van der Waals surface area contributed by atoms with Crippen molar-refractivity contribution in [3.05, 3.63) is 71.5 Å². The number of aromatic amines is 1. The van der Waals surface area contributed by atoms with E-state index in [1.165, 1.54) is 0 Å². The van der Waals surface area contributed by atoms with E-state index in [1.54, 1.807) is 6.92 Å². The van der Waals surface area contributed by atoms with Crippen LogP contribution in [0.2, 0.25) is 0 Å². The van der Waals surface area contributed by atoms with E-state index >= 15 is 0 Å². The van der Waals surface area contributed by atoms with Crippen molar-refractivity contribution in [2.24, 2.45) is 0 Å². The number of carbonyl (C=O) groups excluding carboxylic acids is 1. The second kappa shape index (κ2) is 8.31. The van der Waals surface area contributed by atoms with E-state index in [2.05, 4.69) is 15.4 Å². The average molecular weight is 351 g/mol. The van der Waals surface area contributed by atoms with Gasteiger partial charge in [0, 0.05) is 11.3 Å². The number of aromatic nitrogens is 2. The average Bonchev–Trinajstić information content (AvgIpc) is 3.04. The van der Waals surface area contributed by atoms with Crippen LogP contribution in [0.15, 0.2) is 54.6 Å². The fourth-order valence-corrected chi connectivity index (χ4v) is 2.49. The van der Waals surface area contributed by atoms with Crippen LogP contribution in [0.5, 0.6) is 5.75 Å². The summed E-state index contributed by atoms with van der Waals surface area (Å²) >= 11 is 0. The first kappa shape index (κ1) is 17.7. The summed E-state index contributed by atoms with van der Waals surface area (Å²) in [5, 5.41) is 0. The largest absolute Gasteiger partial charge is 0.491 e. The number of benzene rings is 2. The van der Waals surface area contributed by atoms with Gasteiger partial charge in [-0.1, -0.05) is 42.0 Å². The number of nitrogens with zero attached hydrogens (tertiary/aromatic N) is 1. The number of rotatable bonds is 7. The Balaban J connectivity index is 1.52. The molecule has 0 spiro atoms. The molecule has 0 aliphatic rings. The van der Waals surface area contributed by atoms with Crippen molar-refractivity contribution in [1.29, 1.82) is 0 Å². The molecule has 3 rings (SSSR count). The van der Waals surface area contributed by atoms with Crippen LogP contribution in [0.3, 0.4) is 0 Å². The first-order valence-electron chi connectivity index (χ1n) is 8.37. The second-order valence-electron chi connectivity index (χ2n) is 5.87. The predicted molar refractivity (Wildman–Crippen MR) is 98.9 cm³/mol. The summed E-state index contributed by atoms with van der Waals surface area (Å²) in [6, 6.07) is 17.4. The minimum absolute atomic E-state index is 0.231. The molecule has 3 aromatic rings. The van der Waals surface area contributed by atoms with Gasteiger partial charge in [0.25, 0.3) is 5.91 Å². The molecule has 134 valence electrons. The number of carbonyl (C=O) groups is 1. The Morgan fingerprint density at radius 1 is 1.08 bits per heavy atom. The van der Waals surface area contributed by atoms with Gasteiger partial charge in [0.15, 0.2) is 5.69 Å². The maximum Gasteiger partial charge on any atom is 0.295 e. The molecule has 1 heterocycles. The molecule has 0 aliphatic carbocycles. The Morgan fingerprint density at radius 2 is 1.88 bits per heavy atom. The standard InChI is InChI=1S/C20H21N3O3/c1-14-7-6-8-16(13-14)19-21-15(2)18(22-19)20(24)23-26-12-11-25-17-9-4-3-5-10-17/h3-10,13H,11-12H2,1-2H3,(H,21,22)(H,23,24). The summed E-state index contributed by atoms with van der Waals surface area (Å²) in [5.74, 6) is 1.02. The van der Waals surface area contributed by atoms with Crippen LogP contribution in [0, 0.1) is 13.8 Å². The minimum Gasteiger partial charge on any atom is -0.491 e. The predicted octanol–water partition coefficient (Wildman–Crippen LogP) is 3.43. The molecule has 0 aliphatic heterocycles. The second-order valence-corrected chi connectivity index (χ2v) is 5.87. The van der Waals surface area contributed by atoms with Gasteiger partial charge in [-0.3, -0.25) is 9.63 Å². The van der Waals surface area contributed by atoms with Gasteiger partial charge in [-0.15, -0.1) is 0 Å². The normalized spacial score (nSPS) is 10.5. The lowest BCUT2D eigenvalue weighted by molar-refractivity contribution is 0.0196. The Kier molecular flexibility index (Phi) is 5.66. The van der Waals surface area contributed by atoms with E-state index in [0.29, 0.717) is 23.8 Å². The number of hydrogen-bond acceptors (Lipinski definition) is 4. The molecule has 0 radical (unpaired) electrons. The number of aryl methyl sites for hydroxylation is 2. The number of imidazole rings is 1. The fourth-order valence-electron chi connectivity index (χ4n) is 2.49. The zero-order valence-corrected chi connectivity index (χ0v) is 14.8. The summed E-state index contributed by atoms with van der Waals surface area (Å²) in [6.07, 6.45) is 0. The summed E-state index contributed by atoms with van der Waals surface area (Å²) in [5.41, 5.74) is 5.46. The van der Waals surface area contributed by atoms with Crippen molar-refractivity contribution in [2.45, 2.75) is 13.8 Å². The van der Waals surface area contributed by atoms with Crippen LogP contribution in [0.25, 0.3) is 11.4 Å². The van der Waals surface area contributed by atoms with Crippen LogP contribution >= 0.6 is 0 Å². The monoisotopic (exact) mass is 351 g/mol. The third-order valence-electron chi connectivity index (χ3n) is 3.75. The highest BCUT2D eigenvalue weighted by Gasteiger charge is 2.15. The van der Waals surface area contributed by atoms with Gasteiger partial charge in [0.05, 0.1) is 0 Å². The van der Waals surface area contributed by atoms with E-state index in [1.807, 2.05) is 61.5 Å². The van der Waals surface area contributed by atoms with Crippen LogP contribution in [-0.2, 0) is 4.84 Å². The van der Waals surface area contributed by atoms with Crippen molar-refractivity contribution in [3.63, 3.8) is 0 Å². The highest BCUT2D eigenvalue weighted by atomic mass is 16.7. The Bertz CT molecular complexity index is 875. The number of hydroxylamine groups is 1. The zero-order valence-electron chi connectivity index (χ0n) is 14.8. The lowest BCUT2D eigenvalue weighted by Crippen LogP contribution is -2.26. The van der Waals surface area contributed by atoms with Crippen molar-refractivity contribution < 1.29 is 14.4 Å². The van der Waals surface area contributed by atoms with Gasteiger partial charge >= 0.3 is 0 Å². The van der Waals surface area contributed by atoms with E-state index < -0.39 is 5.91 Å². The number of amides is 1. The van der Waals surface area contributed by atoms with Crippen molar-refractivity contribution in [2.75, 3.05) is 13.2 Å².